The van der Waals surface area contributed by atoms with Crippen molar-refractivity contribution in [2.75, 3.05) is 7.11 Å². The third-order valence-electron chi connectivity index (χ3n) is 4.52. The van der Waals surface area contributed by atoms with Gasteiger partial charge in [-0.2, -0.15) is 0 Å². The summed E-state index contributed by atoms with van der Waals surface area (Å²) in [7, 11) is 1.58. The summed E-state index contributed by atoms with van der Waals surface area (Å²) in [6, 6.07) is 23.1. The predicted molar refractivity (Wildman–Crippen MR) is 116 cm³/mol. The van der Waals surface area contributed by atoms with Gasteiger partial charge in [-0.3, -0.25) is 4.79 Å². The van der Waals surface area contributed by atoms with Crippen LogP contribution in [0.2, 0.25) is 0 Å². The van der Waals surface area contributed by atoms with Gasteiger partial charge in [0.1, 0.15) is 11.3 Å². The molecule has 1 aromatic heterocycles. The van der Waals surface area contributed by atoms with E-state index in [0.717, 1.165) is 11.3 Å². The lowest BCUT2D eigenvalue weighted by Gasteiger charge is -2.09. The minimum atomic E-state index is -0.675. The van der Waals surface area contributed by atoms with E-state index in [1.165, 1.54) is 6.08 Å². The van der Waals surface area contributed by atoms with Crippen molar-refractivity contribution in [2.45, 2.75) is 0 Å². The Hall–Kier alpha value is -4.12. The second-order valence-electron chi connectivity index (χ2n) is 6.48. The van der Waals surface area contributed by atoms with Crippen LogP contribution in [0.3, 0.4) is 0 Å². The van der Waals surface area contributed by atoms with E-state index in [9.17, 15) is 9.59 Å². The van der Waals surface area contributed by atoms with Gasteiger partial charge in [0.15, 0.2) is 5.76 Å². The van der Waals surface area contributed by atoms with E-state index < -0.39 is 11.4 Å². The zero-order valence-corrected chi connectivity index (χ0v) is 16.2. The summed E-state index contributed by atoms with van der Waals surface area (Å²) in [5.41, 5.74) is 1.46. The minimum Gasteiger partial charge on any atom is -0.497 e. The van der Waals surface area contributed by atoms with E-state index in [-0.39, 0.29) is 11.5 Å². The Labute approximate surface area is 172 Å². The topological polar surface area (TPSA) is 65.7 Å². The van der Waals surface area contributed by atoms with E-state index in [4.69, 9.17) is 13.9 Å². The van der Waals surface area contributed by atoms with Gasteiger partial charge < -0.3 is 13.9 Å². The Kier molecular flexibility index (Phi) is 5.44. The van der Waals surface area contributed by atoms with Gasteiger partial charge in [-0.05, 0) is 35.9 Å². The van der Waals surface area contributed by atoms with Crippen LogP contribution in [0.15, 0.2) is 94.2 Å². The summed E-state index contributed by atoms with van der Waals surface area (Å²) in [4.78, 5) is 25.5. The predicted octanol–water partition coefficient (Wildman–Crippen LogP) is 5.09. The largest absolute Gasteiger partial charge is 0.497 e. The molecule has 4 rings (SSSR count). The molecule has 5 heteroatoms. The minimum absolute atomic E-state index is 0.135. The molecular formula is C25H18O5. The molecule has 148 valence electrons. The Balaban J connectivity index is 1.70. The van der Waals surface area contributed by atoms with Crippen molar-refractivity contribution in [3.8, 4) is 22.8 Å². The van der Waals surface area contributed by atoms with Gasteiger partial charge >= 0.3 is 5.97 Å². The molecule has 0 unspecified atom stereocenters. The van der Waals surface area contributed by atoms with Gasteiger partial charge in [-0.15, -0.1) is 0 Å². The molecule has 0 saturated carbocycles. The Morgan fingerprint density at radius 3 is 2.33 bits per heavy atom. The van der Waals surface area contributed by atoms with Crippen LogP contribution in [0.25, 0.3) is 28.4 Å². The van der Waals surface area contributed by atoms with Crippen molar-refractivity contribution in [1.82, 2.24) is 0 Å². The van der Waals surface area contributed by atoms with Gasteiger partial charge in [-0.25, -0.2) is 4.79 Å². The number of hydrogen-bond acceptors (Lipinski definition) is 5. The highest BCUT2D eigenvalue weighted by Gasteiger charge is 2.19. The fraction of sp³-hybridized carbons (Fsp3) is 0.0400. The monoisotopic (exact) mass is 398 g/mol. The number of benzene rings is 3. The van der Waals surface area contributed by atoms with Gasteiger partial charge in [0.05, 0.1) is 12.5 Å². The molecule has 0 bridgehead atoms. The lowest BCUT2D eigenvalue weighted by Crippen LogP contribution is -2.14. The first-order chi connectivity index (χ1) is 14.7. The number of fused-ring (bicyclic) bond motifs is 1. The van der Waals surface area contributed by atoms with E-state index in [2.05, 4.69) is 0 Å². The van der Waals surface area contributed by atoms with E-state index in [1.807, 2.05) is 30.3 Å². The van der Waals surface area contributed by atoms with Crippen LogP contribution in [0.5, 0.6) is 11.5 Å². The zero-order chi connectivity index (χ0) is 20.9. The standard InChI is InChI=1S/C25H18O5/c1-28-19-14-11-17(12-15-19)13-16-22(26)30-25-23(27)20-9-5-6-10-21(20)29-24(25)18-7-3-2-4-8-18/h2-16H,1H3. The fourth-order valence-corrected chi connectivity index (χ4v) is 3.01. The van der Waals surface area contributed by atoms with Crippen LogP contribution in [0.1, 0.15) is 5.56 Å². The van der Waals surface area contributed by atoms with Gasteiger partial charge in [0.25, 0.3) is 0 Å². The second-order valence-corrected chi connectivity index (χ2v) is 6.48. The molecular weight excluding hydrogens is 380 g/mol. The van der Waals surface area contributed by atoms with Crippen LogP contribution in [-0.4, -0.2) is 13.1 Å². The van der Waals surface area contributed by atoms with Crippen LogP contribution in [0, 0.1) is 0 Å². The van der Waals surface area contributed by atoms with E-state index in [1.54, 1.807) is 61.7 Å². The molecule has 3 aromatic carbocycles. The summed E-state index contributed by atoms with van der Waals surface area (Å²) in [5.74, 6) is 0.122. The van der Waals surface area contributed by atoms with Crippen molar-refractivity contribution < 1.29 is 18.7 Å². The highest BCUT2D eigenvalue weighted by atomic mass is 16.5. The van der Waals surface area contributed by atoms with Crippen LogP contribution in [0.4, 0.5) is 0 Å². The lowest BCUT2D eigenvalue weighted by molar-refractivity contribution is -0.129. The lowest BCUT2D eigenvalue weighted by atomic mass is 10.1. The molecule has 30 heavy (non-hydrogen) atoms. The summed E-state index contributed by atoms with van der Waals surface area (Å²) >= 11 is 0. The van der Waals surface area contributed by atoms with Crippen molar-refractivity contribution in [2.24, 2.45) is 0 Å². The van der Waals surface area contributed by atoms with E-state index >= 15 is 0 Å². The van der Waals surface area contributed by atoms with E-state index in [0.29, 0.717) is 16.5 Å². The van der Waals surface area contributed by atoms with Crippen LogP contribution in [-0.2, 0) is 4.79 Å². The van der Waals surface area contributed by atoms with Crippen LogP contribution < -0.4 is 14.9 Å². The molecule has 0 aliphatic heterocycles. The molecule has 0 fully saturated rings. The summed E-state index contributed by atoms with van der Waals surface area (Å²) < 4.78 is 16.5. The van der Waals surface area contributed by atoms with Crippen molar-refractivity contribution >= 4 is 23.0 Å². The molecule has 0 N–H and O–H groups in total. The number of ether oxygens (including phenoxy) is 2. The normalized spacial score (nSPS) is 11.0. The number of hydrogen-bond donors (Lipinski definition) is 0. The van der Waals surface area contributed by atoms with Crippen molar-refractivity contribution in [3.05, 3.63) is 101 Å². The van der Waals surface area contributed by atoms with Crippen LogP contribution >= 0.6 is 0 Å². The number of esters is 1. The second kappa shape index (κ2) is 8.49. The first-order valence-electron chi connectivity index (χ1n) is 9.31. The quantitative estimate of drug-likeness (QED) is 0.346. The highest BCUT2D eigenvalue weighted by Crippen LogP contribution is 2.30. The smallest absolute Gasteiger partial charge is 0.336 e. The maximum absolute atomic E-state index is 13.0. The average molecular weight is 398 g/mol. The maximum atomic E-state index is 13.0. The maximum Gasteiger partial charge on any atom is 0.336 e. The molecule has 0 saturated heterocycles. The third kappa shape index (κ3) is 4.00. The molecule has 0 aliphatic carbocycles. The van der Waals surface area contributed by atoms with Gasteiger partial charge in [0, 0.05) is 11.6 Å². The fourth-order valence-electron chi connectivity index (χ4n) is 3.01. The highest BCUT2D eigenvalue weighted by molar-refractivity contribution is 5.91. The number of carbonyl (C=O) groups excluding carboxylic acids is 1. The molecule has 0 spiro atoms. The summed E-state index contributed by atoms with van der Waals surface area (Å²) in [6.45, 7) is 0. The Bertz CT molecular complexity index is 1270. The first-order valence-corrected chi connectivity index (χ1v) is 9.31. The molecule has 4 aromatic rings. The molecule has 1 heterocycles. The third-order valence-corrected chi connectivity index (χ3v) is 4.52. The molecule has 0 aliphatic rings. The summed E-state index contributed by atoms with van der Waals surface area (Å²) in [5, 5.41) is 0.346. The summed E-state index contributed by atoms with van der Waals surface area (Å²) in [6.07, 6.45) is 2.87. The van der Waals surface area contributed by atoms with Gasteiger partial charge in [-0.1, -0.05) is 54.6 Å². The number of rotatable bonds is 5. The van der Waals surface area contributed by atoms with Gasteiger partial charge in [0.2, 0.25) is 11.2 Å². The molecule has 0 atom stereocenters. The number of carbonyl (C=O) groups is 1. The number of methoxy groups -OCH3 is 1. The van der Waals surface area contributed by atoms with Crippen molar-refractivity contribution in [3.63, 3.8) is 0 Å². The molecule has 0 amide bonds. The zero-order valence-electron chi connectivity index (χ0n) is 16.2. The van der Waals surface area contributed by atoms with Crippen molar-refractivity contribution in [1.29, 1.82) is 0 Å². The SMILES string of the molecule is COc1ccc(C=CC(=O)Oc2c(-c3ccccc3)oc3ccccc3c2=O)cc1. The molecule has 5 nitrogen and oxygen atoms in total. The Morgan fingerprint density at radius 1 is 0.900 bits per heavy atom. The first kappa shape index (κ1) is 19.2. The average Bonchev–Trinajstić information content (AvgIpc) is 2.80. The number of para-hydroxylation sites is 1. The molecule has 0 radical (unpaired) electrons. The Morgan fingerprint density at radius 2 is 1.60 bits per heavy atom.